The Balaban J connectivity index is 1.84. The summed E-state index contributed by atoms with van der Waals surface area (Å²) in [5.41, 5.74) is 0.00354. The van der Waals surface area contributed by atoms with Gasteiger partial charge in [0, 0.05) is 24.4 Å². The Morgan fingerprint density at radius 2 is 1.89 bits per heavy atom. The highest BCUT2D eigenvalue weighted by Gasteiger charge is 2.42. The van der Waals surface area contributed by atoms with Gasteiger partial charge in [-0.15, -0.1) is 0 Å². The van der Waals surface area contributed by atoms with Crippen LogP contribution in [0.1, 0.15) is 70.4 Å². The van der Waals surface area contributed by atoms with Crippen LogP contribution in [0.25, 0.3) is 0 Å². The van der Waals surface area contributed by atoms with E-state index in [0.717, 1.165) is 32.1 Å². The molecule has 3 rings (SSSR count). The molecule has 0 spiro atoms. The molecule has 0 aromatic heterocycles. The van der Waals surface area contributed by atoms with Gasteiger partial charge in [-0.05, 0) is 49.7 Å². The largest absolute Gasteiger partial charge is 0.354 e. The third kappa shape index (κ3) is 4.46. The van der Waals surface area contributed by atoms with Gasteiger partial charge in [0.05, 0.1) is 16.1 Å². The molecule has 2 amide bonds. The molecule has 28 heavy (non-hydrogen) atoms. The van der Waals surface area contributed by atoms with Crippen molar-refractivity contribution < 1.29 is 14.0 Å². The van der Waals surface area contributed by atoms with E-state index in [1.807, 2.05) is 0 Å². The van der Waals surface area contributed by atoms with Crippen LogP contribution < -0.4 is 10.6 Å². The number of hydrogen-bond donors (Lipinski definition) is 2. The molecule has 4 nitrogen and oxygen atoms in total. The monoisotopic (exact) mass is 428 g/mol. The van der Waals surface area contributed by atoms with Crippen LogP contribution in [0.3, 0.4) is 0 Å². The molecular formula is C21H27Cl2FN2O2. The first-order valence-electron chi connectivity index (χ1n) is 9.92. The summed E-state index contributed by atoms with van der Waals surface area (Å²) >= 11 is 12.5. The van der Waals surface area contributed by atoms with E-state index in [2.05, 4.69) is 17.6 Å². The minimum atomic E-state index is -0.534. The van der Waals surface area contributed by atoms with E-state index in [4.69, 9.17) is 23.2 Å². The maximum absolute atomic E-state index is 14.8. The number of carbonyl (C=O) groups is 2. The summed E-state index contributed by atoms with van der Waals surface area (Å²) in [6.07, 6.45) is 5.92. The molecule has 2 saturated carbocycles. The highest BCUT2D eigenvalue weighted by molar-refractivity contribution is 6.42. The van der Waals surface area contributed by atoms with E-state index < -0.39 is 11.9 Å². The van der Waals surface area contributed by atoms with Crippen molar-refractivity contribution in [1.29, 1.82) is 0 Å². The van der Waals surface area contributed by atoms with Gasteiger partial charge in [0.15, 0.2) is 0 Å². The average molecular weight is 429 g/mol. The van der Waals surface area contributed by atoms with E-state index in [0.29, 0.717) is 12.8 Å². The summed E-state index contributed by atoms with van der Waals surface area (Å²) in [4.78, 5) is 24.3. The first kappa shape index (κ1) is 21.4. The van der Waals surface area contributed by atoms with E-state index in [-0.39, 0.29) is 44.8 Å². The van der Waals surface area contributed by atoms with Crippen molar-refractivity contribution >= 4 is 35.0 Å². The molecule has 0 unspecified atom stereocenters. The zero-order valence-corrected chi connectivity index (χ0v) is 17.8. The lowest BCUT2D eigenvalue weighted by molar-refractivity contribution is -0.127. The Morgan fingerprint density at radius 3 is 2.54 bits per heavy atom. The highest BCUT2D eigenvalue weighted by Crippen LogP contribution is 2.50. The van der Waals surface area contributed by atoms with Crippen molar-refractivity contribution in [1.82, 2.24) is 10.6 Å². The Morgan fingerprint density at radius 1 is 1.21 bits per heavy atom. The fourth-order valence-corrected chi connectivity index (χ4v) is 5.20. The summed E-state index contributed by atoms with van der Waals surface area (Å²) in [5, 5.41) is 6.44. The molecule has 1 aromatic rings. The number of halogens is 3. The second kappa shape index (κ2) is 8.58. The van der Waals surface area contributed by atoms with Gasteiger partial charge < -0.3 is 10.6 Å². The van der Waals surface area contributed by atoms with E-state index >= 15 is 0 Å². The lowest BCUT2D eigenvalue weighted by Crippen LogP contribution is -2.41. The van der Waals surface area contributed by atoms with Crippen LogP contribution in [0.4, 0.5) is 4.39 Å². The number of benzene rings is 1. The van der Waals surface area contributed by atoms with E-state index in [9.17, 15) is 14.0 Å². The Labute approximate surface area is 175 Å². The Kier molecular flexibility index (Phi) is 6.55. The zero-order valence-electron chi connectivity index (χ0n) is 16.3. The van der Waals surface area contributed by atoms with Gasteiger partial charge >= 0.3 is 0 Å². The van der Waals surface area contributed by atoms with Crippen LogP contribution in [0, 0.1) is 17.2 Å². The third-order valence-corrected chi connectivity index (χ3v) is 7.13. The predicted octanol–water partition coefficient (Wildman–Crippen LogP) is 5.17. The van der Waals surface area contributed by atoms with Crippen LogP contribution in [0.15, 0.2) is 12.1 Å². The van der Waals surface area contributed by atoms with Crippen molar-refractivity contribution in [3.8, 4) is 0 Å². The highest BCUT2D eigenvalue weighted by atomic mass is 35.5. The van der Waals surface area contributed by atoms with Crippen molar-refractivity contribution in [2.24, 2.45) is 11.3 Å². The quantitative estimate of drug-likeness (QED) is 0.634. The van der Waals surface area contributed by atoms with Gasteiger partial charge in [0.2, 0.25) is 11.8 Å². The van der Waals surface area contributed by atoms with Gasteiger partial charge in [0.25, 0.3) is 0 Å². The molecule has 2 N–H and O–H groups in total. The number of nitrogens with one attached hydrogen (secondary N) is 2. The van der Waals surface area contributed by atoms with Crippen molar-refractivity contribution in [2.45, 2.75) is 70.9 Å². The molecule has 0 aliphatic heterocycles. The Hall–Kier alpha value is -1.33. The zero-order chi connectivity index (χ0) is 20.5. The van der Waals surface area contributed by atoms with E-state index in [1.165, 1.54) is 19.1 Å². The van der Waals surface area contributed by atoms with Gasteiger partial charge in [-0.2, -0.15) is 0 Å². The smallest absolute Gasteiger partial charge is 0.223 e. The molecule has 1 aromatic carbocycles. The third-order valence-electron chi connectivity index (χ3n) is 6.31. The van der Waals surface area contributed by atoms with Crippen molar-refractivity contribution in [2.75, 3.05) is 0 Å². The van der Waals surface area contributed by atoms with Crippen LogP contribution in [0.2, 0.25) is 10.0 Å². The standard InChI is InChI=1S/C21H27Cl2FN2O2/c1-12(27)25-14-6-5-13(11-14)20(28)26-19(21(2)9-3-4-10-21)17-16(24)8-7-15(22)18(17)23/h7-8,13-14,19H,3-6,9-11H2,1-2H3,(H,25,27)(H,26,28)/t13-,14-,19-/m1/s1. The van der Waals surface area contributed by atoms with Gasteiger partial charge in [0.1, 0.15) is 5.82 Å². The molecule has 7 heteroatoms. The normalized spacial score (nSPS) is 24.8. The molecule has 0 radical (unpaired) electrons. The van der Waals surface area contributed by atoms with E-state index in [1.54, 1.807) is 0 Å². The molecule has 2 fully saturated rings. The topological polar surface area (TPSA) is 58.2 Å². The number of rotatable bonds is 5. The Bertz CT molecular complexity index is 765. The second-order valence-electron chi connectivity index (χ2n) is 8.47. The lowest BCUT2D eigenvalue weighted by Gasteiger charge is -2.36. The first-order valence-corrected chi connectivity index (χ1v) is 10.7. The van der Waals surface area contributed by atoms with Gasteiger partial charge in [-0.3, -0.25) is 9.59 Å². The number of hydrogen-bond acceptors (Lipinski definition) is 2. The SMILES string of the molecule is CC(=O)N[C@@H]1CC[C@@H](C(=O)N[C@H](c2c(F)ccc(Cl)c2Cl)C2(C)CCCC2)C1. The minimum Gasteiger partial charge on any atom is -0.354 e. The molecule has 2 aliphatic rings. The predicted molar refractivity (Wildman–Crippen MR) is 109 cm³/mol. The van der Waals surface area contributed by atoms with Crippen LogP contribution in [0.5, 0.6) is 0 Å². The van der Waals surface area contributed by atoms with Gasteiger partial charge in [-0.25, -0.2) is 4.39 Å². The fourth-order valence-electron chi connectivity index (χ4n) is 4.77. The van der Waals surface area contributed by atoms with Crippen LogP contribution >= 0.6 is 23.2 Å². The molecule has 0 heterocycles. The van der Waals surface area contributed by atoms with Crippen molar-refractivity contribution in [3.05, 3.63) is 33.6 Å². The molecule has 3 atom stereocenters. The maximum atomic E-state index is 14.8. The first-order chi connectivity index (χ1) is 13.2. The summed E-state index contributed by atoms with van der Waals surface area (Å²) in [5.74, 6) is -0.850. The van der Waals surface area contributed by atoms with Crippen LogP contribution in [-0.2, 0) is 9.59 Å². The summed E-state index contributed by atoms with van der Waals surface area (Å²) in [7, 11) is 0. The van der Waals surface area contributed by atoms with Crippen molar-refractivity contribution in [3.63, 3.8) is 0 Å². The molecule has 0 bridgehead atoms. The summed E-state index contributed by atoms with van der Waals surface area (Å²) < 4.78 is 14.8. The molecule has 0 saturated heterocycles. The average Bonchev–Trinajstić information content (AvgIpc) is 3.27. The molecular weight excluding hydrogens is 402 g/mol. The maximum Gasteiger partial charge on any atom is 0.223 e. The molecule has 2 aliphatic carbocycles. The van der Waals surface area contributed by atoms with Crippen LogP contribution in [-0.4, -0.2) is 17.9 Å². The minimum absolute atomic E-state index is 0.0141. The second-order valence-corrected chi connectivity index (χ2v) is 9.25. The summed E-state index contributed by atoms with van der Waals surface area (Å²) in [6.45, 7) is 3.56. The number of carbonyl (C=O) groups excluding carboxylic acids is 2. The fraction of sp³-hybridized carbons (Fsp3) is 0.619. The lowest BCUT2D eigenvalue weighted by atomic mass is 9.76. The summed E-state index contributed by atoms with van der Waals surface area (Å²) in [6, 6.07) is 2.23. The molecule has 154 valence electrons. The van der Waals surface area contributed by atoms with Gasteiger partial charge in [-0.1, -0.05) is 43.0 Å². The number of amides is 2.